The second-order valence-corrected chi connectivity index (χ2v) is 5.47. The van der Waals surface area contributed by atoms with Crippen LogP contribution in [-0.4, -0.2) is 18.3 Å². The zero-order valence-corrected chi connectivity index (χ0v) is 11.0. The van der Waals surface area contributed by atoms with E-state index in [1.807, 2.05) is 0 Å². The Balaban J connectivity index is 2.12. The number of benzene rings is 1. The van der Waals surface area contributed by atoms with Gasteiger partial charge in [0.25, 0.3) is 0 Å². The van der Waals surface area contributed by atoms with Crippen molar-refractivity contribution in [2.45, 2.75) is 31.6 Å². The van der Waals surface area contributed by atoms with Crippen LogP contribution in [-0.2, 0) is 0 Å². The van der Waals surface area contributed by atoms with Gasteiger partial charge < -0.3 is 10.8 Å². The van der Waals surface area contributed by atoms with E-state index in [0.29, 0.717) is 23.9 Å². The summed E-state index contributed by atoms with van der Waals surface area (Å²) in [6.45, 7) is 0.599. The molecule has 1 fully saturated rings. The minimum Gasteiger partial charge on any atom is -0.396 e. The van der Waals surface area contributed by atoms with Crippen LogP contribution in [0.2, 0.25) is 0 Å². The van der Waals surface area contributed by atoms with Crippen molar-refractivity contribution < 1.29 is 13.9 Å². The number of aliphatic hydroxyl groups is 1. The number of hydrogen-bond donors (Lipinski definition) is 2. The highest BCUT2D eigenvalue weighted by molar-refractivity contribution is 5.24. The zero-order chi connectivity index (χ0) is 13.8. The molecule has 1 aromatic carbocycles. The third-order valence-corrected chi connectivity index (χ3v) is 4.33. The van der Waals surface area contributed by atoms with Crippen molar-refractivity contribution in [3.8, 4) is 0 Å². The van der Waals surface area contributed by atoms with E-state index >= 15 is 0 Å². The van der Waals surface area contributed by atoms with Crippen molar-refractivity contribution in [3.05, 3.63) is 35.4 Å². The molecular weight excluding hydrogens is 248 g/mol. The van der Waals surface area contributed by atoms with E-state index in [2.05, 4.69) is 0 Å². The van der Waals surface area contributed by atoms with E-state index in [1.54, 1.807) is 0 Å². The summed E-state index contributed by atoms with van der Waals surface area (Å²) >= 11 is 0. The molecule has 0 radical (unpaired) electrons. The molecular formula is C15H21F2NO. The van der Waals surface area contributed by atoms with E-state index in [-0.39, 0.29) is 12.5 Å². The number of halogens is 2. The van der Waals surface area contributed by atoms with Crippen molar-refractivity contribution in [2.24, 2.45) is 17.6 Å². The van der Waals surface area contributed by atoms with E-state index in [9.17, 15) is 8.78 Å². The zero-order valence-electron chi connectivity index (χ0n) is 11.0. The second kappa shape index (κ2) is 6.44. The molecule has 3 N–H and O–H groups in total. The van der Waals surface area contributed by atoms with Gasteiger partial charge in [-0.1, -0.05) is 6.07 Å². The summed E-state index contributed by atoms with van der Waals surface area (Å²) in [5, 5.41) is 9.14. The molecule has 1 atom stereocenters. The Labute approximate surface area is 112 Å². The van der Waals surface area contributed by atoms with Crippen LogP contribution in [0.25, 0.3) is 0 Å². The van der Waals surface area contributed by atoms with Gasteiger partial charge in [-0.05, 0) is 55.7 Å². The van der Waals surface area contributed by atoms with Gasteiger partial charge in [0.2, 0.25) is 0 Å². The standard InChI is InChI=1S/C15H21F2NO/c16-12-5-6-13(15(17)7-12)14(8-18)11-3-1-10(9-19)2-4-11/h5-7,10-11,14,19H,1-4,8-9,18H2. The lowest BCUT2D eigenvalue weighted by Crippen LogP contribution is -2.27. The molecule has 0 amide bonds. The van der Waals surface area contributed by atoms with Gasteiger partial charge in [-0.2, -0.15) is 0 Å². The fraction of sp³-hybridized carbons (Fsp3) is 0.600. The van der Waals surface area contributed by atoms with Gasteiger partial charge in [0.1, 0.15) is 11.6 Å². The Morgan fingerprint density at radius 3 is 2.42 bits per heavy atom. The van der Waals surface area contributed by atoms with Crippen LogP contribution in [0.3, 0.4) is 0 Å². The lowest BCUT2D eigenvalue weighted by atomic mass is 9.73. The highest BCUT2D eigenvalue weighted by Crippen LogP contribution is 2.38. The first-order valence-corrected chi connectivity index (χ1v) is 6.91. The van der Waals surface area contributed by atoms with Gasteiger partial charge in [-0.15, -0.1) is 0 Å². The quantitative estimate of drug-likeness (QED) is 0.883. The average Bonchev–Trinajstić information content (AvgIpc) is 2.42. The van der Waals surface area contributed by atoms with Gasteiger partial charge in [-0.25, -0.2) is 8.78 Å². The van der Waals surface area contributed by atoms with E-state index in [0.717, 1.165) is 31.7 Å². The molecule has 2 nitrogen and oxygen atoms in total. The molecule has 2 rings (SSSR count). The molecule has 106 valence electrons. The predicted molar refractivity (Wildman–Crippen MR) is 70.7 cm³/mol. The summed E-state index contributed by atoms with van der Waals surface area (Å²) in [4.78, 5) is 0. The van der Waals surface area contributed by atoms with Crippen LogP contribution in [0.15, 0.2) is 18.2 Å². The molecule has 19 heavy (non-hydrogen) atoms. The van der Waals surface area contributed by atoms with Crippen LogP contribution in [0.5, 0.6) is 0 Å². The molecule has 0 spiro atoms. The first-order valence-electron chi connectivity index (χ1n) is 6.91. The van der Waals surface area contributed by atoms with Gasteiger partial charge in [0.15, 0.2) is 0 Å². The first-order chi connectivity index (χ1) is 9.15. The maximum Gasteiger partial charge on any atom is 0.129 e. The van der Waals surface area contributed by atoms with E-state index in [4.69, 9.17) is 10.8 Å². The highest BCUT2D eigenvalue weighted by atomic mass is 19.1. The van der Waals surface area contributed by atoms with Gasteiger partial charge >= 0.3 is 0 Å². The fourth-order valence-corrected chi connectivity index (χ4v) is 3.15. The maximum atomic E-state index is 13.8. The number of nitrogens with two attached hydrogens (primary N) is 1. The summed E-state index contributed by atoms with van der Waals surface area (Å²) in [6, 6.07) is 3.73. The molecule has 1 aromatic rings. The monoisotopic (exact) mass is 269 g/mol. The lowest BCUT2D eigenvalue weighted by molar-refractivity contribution is 0.157. The second-order valence-electron chi connectivity index (χ2n) is 5.47. The van der Waals surface area contributed by atoms with Crippen molar-refractivity contribution in [1.29, 1.82) is 0 Å². The number of hydrogen-bond acceptors (Lipinski definition) is 2. The van der Waals surface area contributed by atoms with E-state index in [1.165, 1.54) is 12.1 Å². The van der Waals surface area contributed by atoms with Crippen molar-refractivity contribution in [2.75, 3.05) is 13.2 Å². The molecule has 0 heterocycles. The third kappa shape index (κ3) is 3.31. The molecule has 1 saturated carbocycles. The van der Waals surface area contributed by atoms with Crippen LogP contribution in [0.4, 0.5) is 8.78 Å². The van der Waals surface area contributed by atoms with Crippen molar-refractivity contribution in [1.82, 2.24) is 0 Å². The first kappa shape index (κ1) is 14.4. The Morgan fingerprint density at radius 1 is 1.21 bits per heavy atom. The summed E-state index contributed by atoms with van der Waals surface area (Å²) in [6.07, 6.45) is 3.81. The number of rotatable bonds is 4. The van der Waals surface area contributed by atoms with Gasteiger partial charge in [0.05, 0.1) is 0 Å². The largest absolute Gasteiger partial charge is 0.396 e. The van der Waals surface area contributed by atoms with E-state index < -0.39 is 11.6 Å². The fourth-order valence-electron chi connectivity index (χ4n) is 3.15. The predicted octanol–water partition coefficient (Wildman–Crippen LogP) is 2.81. The molecule has 1 unspecified atom stereocenters. The van der Waals surface area contributed by atoms with Crippen LogP contribution in [0.1, 0.15) is 37.2 Å². The third-order valence-electron chi connectivity index (χ3n) is 4.33. The Morgan fingerprint density at radius 2 is 1.89 bits per heavy atom. The molecule has 0 aliphatic heterocycles. The minimum atomic E-state index is -0.555. The Hall–Kier alpha value is -1.00. The topological polar surface area (TPSA) is 46.2 Å². The van der Waals surface area contributed by atoms with Crippen molar-refractivity contribution in [3.63, 3.8) is 0 Å². The summed E-state index contributed by atoms with van der Waals surface area (Å²) in [5.41, 5.74) is 6.32. The Kier molecular flexibility index (Phi) is 4.88. The van der Waals surface area contributed by atoms with Gasteiger partial charge in [-0.3, -0.25) is 0 Å². The average molecular weight is 269 g/mol. The molecule has 1 aliphatic carbocycles. The van der Waals surface area contributed by atoms with Crippen LogP contribution in [0, 0.1) is 23.5 Å². The SMILES string of the molecule is NCC(c1ccc(F)cc1F)C1CCC(CO)CC1. The molecule has 1 aliphatic rings. The lowest BCUT2D eigenvalue weighted by Gasteiger charge is -2.33. The maximum absolute atomic E-state index is 13.8. The summed E-state index contributed by atoms with van der Waals surface area (Å²) in [7, 11) is 0. The van der Waals surface area contributed by atoms with Crippen LogP contribution < -0.4 is 5.73 Å². The van der Waals surface area contributed by atoms with Gasteiger partial charge in [0, 0.05) is 18.6 Å². The smallest absolute Gasteiger partial charge is 0.129 e. The summed E-state index contributed by atoms with van der Waals surface area (Å²) in [5.74, 6) is -0.415. The minimum absolute atomic E-state index is 0.0553. The Bertz CT molecular complexity index is 417. The number of aliphatic hydroxyl groups excluding tert-OH is 1. The normalized spacial score (nSPS) is 25.3. The molecule has 4 heteroatoms. The molecule has 0 saturated heterocycles. The highest BCUT2D eigenvalue weighted by Gasteiger charge is 2.29. The van der Waals surface area contributed by atoms with Crippen LogP contribution >= 0.6 is 0 Å². The molecule has 0 aromatic heterocycles. The van der Waals surface area contributed by atoms with Crippen molar-refractivity contribution >= 4 is 0 Å². The molecule has 0 bridgehead atoms. The summed E-state index contributed by atoms with van der Waals surface area (Å²) < 4.78 is 26.8.